The van der Waals surface area contributed by atoms with Gasteiger partial charge >= 0.3 is 0 Å². The van der Waals surface area contributed by atoms with Gasteiger partial charge in [0.1, 0.15) is 12.3 Å². The third kappa shape index (κ3) is 4.43. The smallest absolute Gasteiger partial charge is 0.240 e. The molecule has 0 saturated heterocycles. The van der Waals surface area contributed by atoms with E-state index in [1.54, 1.807) is 54.8 Å². The molecule has 130 valence electrons. The van der Waals surface area contributed by atoms with Crippen LogP contribution in [0.4, 0.5) is 0 Å². The maximum absolute atomic E-state index is 12.1. The Morgan fingerprint density at radius 1 is 1.08 bits per heavy atom. The summed E-state index contributed by atoms with van der Waals surface area (Å²) >= 11 is 0. The summed E-state index contributed by atoms with van der Waals surface area (Å²) in [6.45, 7) is 2.16. The van der Waals surface area contributed by atoms with Gasteiger partial charge in [0.15, 0.2) is 5.76 Å². The van der Waals surface area contributed by atoms with Gasteiger partial charge in [0.25, 0.3) is 0 Å². The van der Waals surface area contributed by atoms with E-state index in [2.05, 4.69) is 14.9 Å². The molecule has 0 amide bonds. The van der Waals surface area contributed by atoms with Crippen LogP contribution in [0, 0.1) is 6.92 Å². The first kappa shape index (κ1) is 17.1. The summed E-state index contributed by atoms with van der Waals surface area (Å²) in [7, 11) is -3.55. The lowest BCUT2D eigenvalue weighted by Crippen LogP contribution is -2.28. The molecule has 0 spiro atoms. The molecule has 25 heavy (non-hydrogen) atoms. The molecule has 0 bridgehead atoms. The highest BCUT2D eigenvalue weighted by Crippen LogP contribution is 2.17. The first-order valence-corrected chi connectivity index (χ1v) is 9.10. The summed E-state index contributed by atoms with van der Waals surface area (Å²) in [5, 5.41) is 7.92. The van der Waals surface area contributed by atoms with Crippen molar-refractivity contribution < 1.29 is 17.6 Å². The number of benzene rings is 1. The topological polar surface area (TPSA) is 94.3 Å². The monoisotopic (exact) mass is 359 g/mol. The van der Waals surface area contributed by atoms with Crippen molar-refractivity contribution >= 4 is 10.0 Å². The van der Waals surface area contributed by atoms with Crippen molar-refractivity contribution in [3.63, 3.8) is 0 Å². The Hall–Kier alpha value is -2.71. The zero-order valence-electron chi connectivity index (χ0n) is 13.5. The molecule has 3 aromatic rings. The first-order chi connectivity index (χ1) is 12.0. The van der Waals surface area contributed by atoms with Gasteiger partial charge in [0.05, 0.1) is 11.2 Å². The Kier molecular flexibility index (Phi) is 5.11. The fraction of sp³-hybridized carbons (Fsp3) is 0.176. The highest BCUT2D eigenvalue weighted by atomic mass is 32.2. The molecule has 0 radical (unpaired) electrons. The molecular weight excluding hydrogens is 342 g/mol. The van der Waals surface area contributed by atoms with Crippen LogP contribution in [0.1, 0.15) is 5.56 Å². The molecule has 0 saturated carbocycles. The van der Waals surface area contributed by atoms with Crippen LogP contribution in [-0.2, 0) is 10.0 Å². The standard InChI is InChI=1S/C17H17N3O4S/c1-13-4-6-14(7-5-13)25(21,22)18-10-12-24-17-9-8-15(19-20-17)16-3-2-11-23-16/h2-9,11,18H,10,12H2,1H3. The van der Waals surface area contributed by atoms with Crippen LogP contribution < -0.4 is 9.46 Å². The van der Waals surface area contributed by atoms with Crippen LogP contribution in [0.2, 0.25) is 0 Å². The van der Waals surface area contributed by atoms with Gasteiger partial charge in [-0.1, -0.05) is 17.7 Å². The third-order valence-corrected chi connectivity index (χ3v) is 4.87. The molecule has 2 aromatic heterocycles. The van der Waals surface area contributed by atoms with Crippen LogP contribution >= 0.6 is 0 Å². The predicted molar refractivity (Wildman–Crippen MR) is 91.6 cm³/mol. The van der Waals surface area contributed by atoms with Gasteiger partial charge < -0.3 is 9.15 Å². The van der Waals surface area contributed by atoms with E-state index in [1.807, 2.05) is 6.92 Å². The number of rotatable bonds is 7. The van der Waals surface area contributed by atoms with Crippen molar-refractivity contribution in [2.24, 2.45) is 0 Å². The Bertz CT molecular complexity index is 906. The van der Waals surface area contributed by atoms with Crippen molar-refractivity contribution in [3.05, 3.63) is 60.4 Å². The van der Waals surface area contributed by atoms with Gasteiger partial charge in [-0.25, -0.2) is 13.1 Å². The Labute approximate surface area is 145 Å². The molecule has 8 heteroatoms. The second-order valence-electron chi connectivity index (χ2n) is 5.29. The van der Waals surface area contributed by atoms with E-state index in [-0.39, 0.29) is 18.0 Å². The average molecular weight is 359 g/mol. The molecule has 0 aliphatic rings. The minimum absolute atomic E-state index is 0.123. The highest BCUT2D eigenvalue weighted by Gasteiger charge is 2.13. The molecule has 0 aliphatic carbocycles. The summed E-state index contributed by atoms with van der Waals surface area (Å²) in [4.78, 5) is 0.223. The molecule has 0 unspecified atom stereocenters. The second-order valence-corrected chi connectivity index (χ2v) is 7.06. The number of ether oxygens (including phenoxy) is 1. The van der Waals surface area contributed by atoms with E-state index < -0.39 is 10.0 Å². The predicted octanol–water partition coefficient (Wildman–Crippen LogP) is 2.40. The lowest BCUT2D eigenvalue weighted by atomic mass is 10.2. The van der Waals surface area contributed by atoms with Crippen LogP contribution in [0.25, 0.3) is 11.5 Å². The van der Waals surface area contributed by atoms with Crippen molar-refractivity contribution in [1.82, 2.24) is 14.9 Å². The van der Waals surface area contributed by atoms with Gasteiger partial charge in [0, 0.05) is 12.6 Å². The van der Waals surface area contributed by atoms with Crippen molar-refractivity contribution in [1.29, 1.82) is 0 Å². The number of aromatic nitrogens is 2. The van der Waals surface area contributed by atoms with Gasteiger partial charge in [-0.2, -0.15) is 0 Å². The maximum atomic E-state index is 12.1. The quantitative estimate of drug-likeness (QED) is 0.651. The van der Waals surface area contributed by atoms with Crippen LogP contribution in [0.5, 0.6) is 5.88 Å². The number of furan rings is 1. The lowest BCUT2D eigenvalue weighted by Gasteiger charge is -2.08. The summed E-state index contributed by atoms with van der Waals surface area (Å²) in [6, 6.07) is 13.6. The number of hydrogen-bond donors (Lipinski definition) is 1. The molecule has 7 nitrogen and oxygen atoms in total. The zero-order valence-corrected chi connectivity index (χ0v) is 14.4. The number of aryl methyl sites for hydroxylation is 1. The van der Waals surface area contributed by atoms with Crippen molar-refractivity contribution in [2.45, 2.75) is 11.8 Å². The zero-order chi connectivity index (χ0) is 17.7. The van der Waals surface area contributed by atoms with Crippen LogP contribution in [0.15, 0.2) is 64.1 Å². The van der Waals surface area contributed by atoms with E-state index in [4.69, 9.17) is 9.15 Å². The number of nitrogens with one attached hydrogen (secondary N) is 1. The summed E-state index contributed by atoms with van der Waals surface area (Å²) in [5.74, 6) is 0.926. The Balaban J connectivity index is 1.50. The van der Waals surface area contributed by atoms with Crippen LogP contribution in [-0.4, -0.2) is 31.8 Å². The molecule has 2 heterocycles. The third-order valence-electron chi connectivity index (χ3n) is 3.39. The number of hydrogen-bond acceptors (Lipinski definition) is 6. The fourth-order valence-electron chi connectivity index (χ4n) is 2.09. The molecule has 1 aromatic carbocycles. The summed E-state index contributed by atoms with van der Waals surface area (Å²) in [5.41, 5.74) is 1.59. The van der Waals surface area contributed by atoms with E-state index in [0.29, 0.717) is 17.3 Å². The molecule has 0 aliphatic heterocycles. The van der Waals surface area contributed by atoms with Gasteiger partial charge in [-0.05, 0) is 37.3 Å². The second kappa shape index (κ2) is 7.45. The Morgan fingerprint density at radius 3 is 2.52 bits per heavy atom. The van der Waals surface area contributed by atoms with E-state index in [1.165, 1.54) is 0 Å². The minimum Gasteiger partial charge on any atom is -0.475 e. The molecule has 0 atom stereocenters. The average Bonchev–Trinajstić information content (AvgIpc) is 3.14. The Morgan fingerprint density at radius 2 is 1.88 bits per heavy atom. The first-order valence-electron chi connectivity index (χ1n) is 7.61. The van der Waals surface area contributed by atoms with E-state index >= 15 is 0 Å². The summed E-state index contributed by atoms with van der Waals surface area (Å²) in [6.07, 6.45) is 1.56. The SMILES string of the molecule is Cc1ccc(S(=O)(=O)NCCOc2ccc(-c3ccco3)nn2)cc1. The van der Waals surface area contributed by atoms with Crippen molar-refractivity contribution in [2.75, 3.05) is 13.2 Å². The van der Waals surface area contributed by atoms with Crippen molar-refractivity contribution in [3.8, 4) is 17.3 Å². The van der Waals surface area contributed by atoms with Gasteiger partial charge in [0.2, 0.25) is 15.9 Å². The van der Waals surface area contributed by atoms with E-state index in [0.717, 1.165) is 5.56 Å². The lowest BCUT2D eigenvalue weighted by molar-refractivity contribution is 0.307. The molecule has 0 fully saturated rings. The molecule has 1 N–H and O–H groups in total. The normalized spacial score (nSPS) is 11.4. The number of sulfonamides is 1. The fourth-order valence-corrected chi connectivity index (χ4v) is 3.10. The van der Waals surface area contributed by atoms with Crippen LogP contribution in [0.3, 0.4) is 0 Å². The highest BCUT2D eigenvalue weighted by molar-refractivity contribution is 7.89. The minimum atomic E-state index is -3.55. The summed E-state index contributed by atoms with van der Waals surface area (Å²) < 4.78 is 37.4. The molecule has 3 rings (SSSR count). The molecular formula is C17H17N3O4S. The van der Waals surface area contributed by atoms with E-state index in [9.17, 15) is 8.42 Å². The largest absolute Gasteiger partial charge is 0.475 e. The maximum Gasteiger partial charge on any atom is 0.240 e. The number of nitrogens with zero attached hydrogens (tertiary/aromatic N) is 2. The van der Waals surface area contributed by atoms with Gasteiger partial charge in [-0.15, -0.1) is 10.2 Å². The van der Waals surface area contributed by atoms with Gasteiger partial charge in [-0.3, -0.25) is 0 Å².